The largest absolute Gasteiger partial charge is 0.465 e. The Hall–Kier alpha value is -1.53. The summed E-state index contributed by atoms with van der Waals surface area (Å²) < 4.78 is 8.99. The Morgan fingerprint density at radius 1 is 0.750 bits per heavy atom. The van der Waals surface area contributed by atoms with E-state index in [0.717, 1.165) is 14.2 Å². The molecule has 0 aliphatic heterocycles. The number of hydrogen-bond donors (Lipinski definition) is 0. The molecule has 0 aliphatic carbocycles. The van der Waals surface area contributed by atoms with Gasteiger partial charge in [-0.1, -0.05) is 52.5 Å². The van der Waals surface area contributed by atoms with Crippen LogP contribution in [0.2, 0.25) is 20.1 Å². The topological polar surface area (TPSA) is 65.5 Å². The van der Waals surface area contributed by atoms with Gasteiger partial charge in [0.2, 0.25) is 0 Å². The lowest BCUT2D eigenvalue weighted by Gasteiger charge is -2.12. The summed E-state index contributed by atoms with van der Waals surface area (Å²) >= 11 is 23.5. The summed E-state index contributed by atoms with van der Waals surface area (Å²) in [7, 11) is 2.29. The number of rotatable bonds is 2. The number of nitrogens with zero attached hydrogens (tertiary/aromatic N) is 1. The molecule has 1 aromatic carbocycles. The second kappa shape index (κ2) is 9.69. The molecule has 0 aliphatic rings. The highest BCUT2D eigenvalue weighted by molar-refractivity contribution is 6.52. The van der Waals surface area contributed by atoms with Gasteiger partial charge in [-0.2, -0.15) is 0 Å². The van der Waals surface area contributed by atoms with Gasteiger partial charge in [0.15, 0.2) is 0 Å². The van der Waals surface area contributed by atoms with Crippen molar-refractivity contribution in [2.75, 3.05) is 14.2 Å². The van der Waals surface area contributed by atoms with Crippen molar-refractivity contribution in [2.24, 2.45) is 0 Å². The standard InChI is InChI=1S/C10H6Cl4O4.C5H5N/c1-17-9(15)3-5(11)7(13)4(10(16)18-2)8(14)6(3)12;1-2-4-6-5-3-1/h1-2H3;1-5H. The summed E-state index contributed by atoms with van der Waals surface area (Å²) in [6.45, 7) is 0. The van der Waals surface area contributed by atoms with Gasteiger partial charge in [-0.15, -0.1) is 0 Å². The number of carbonyl (C=O) groups is 2. The number of hydrogen-bond acceptors (Lipinski definition) is 5. The van der Waals surface area contributed by atoms with E-state index in [1.807, 2.05) is 18.2 Å². The molecule has 24 heavy (non-hydrogen) atoms. The number of carbonyl (C=O) groups excluding carboxylic acids is 2. The van der Waals surface area contributed by atoms with Gasteiger partial charge in [0.25, 0.3) is 0 Å². The molecule has 1 aromatic heterocycles. The van der Waals surface area contributed by atoms with E-state index in [-0.39, 0.29) is 31.2 Å². The molecule has 0 fully saturated rings. The van der Waals surface area contributed by atoms with Crippen LogP contribution in [0.25, 0.3) is 0 Å². The van der Waals surface area contributed by atoms with E-state index < -0.39 is 11.9 Å². The van der Waals surface area contributed by atoms with Gasteiger partial charge in [-0.3, -0.25) is 4.98 Å². The zero-order valence-corrected chi connectivity index (χ0v) is 15.5. The normalized spacial score (nSPS) is 9.58. The molecule has 0 radical (unpaired) electrons. The lowest BCUT2D eigenvalue weighted by molar-refractivity contribution is 0.0587. The summed E-state index contributed by atoms with van der Waals surface area (Å²) in [4.78, 5) is 26.8. The molecule has 1 heterocycles. The molecule has 2 rings (SSSR count). The number of esters is 2. The molecule has 2 aromatic rings. The second-order valence-corrected chi connectivity index (χ2v) is 5.53. The first-order chi connectivity index (χ1) is 11.4. The van der Waals surface area contributed by atoms with Crippen LogP contribution in [0.5, 0.6) is 0 Å². The third kappa shape index (κ3) is 4.74. The van der Waals surface area contributed by atoms with Crippen LogP contribution in [0.4, 0.5) is 0 Å². The first-order valence-corrected chi connectivity index (χ1v) is 7.75. The quantitative estimate of drug-likeness (QED) is 0.517. The smallest absolute Gasteiger partial charge is 0.341 e. The fourth-order valence-corrected chi connectivity index (χ4v) is 2.67. The lowest BCUT2D eigenvalue weighted by atomic mass is 10.1. The van der Waals surface area contributed by atoms with Gasteiger partial charge in [0, 0.05) is 12.4 Å². The van der Waals surface area contributed by atoms with Crippen LogP contribution in [0.15, 0.2) is 30.6 Å². The van der Waals surface area contributed by atoms with E-state index in [4.69, 9.17) is 46.4 Å². The monoisotopic (exact) mass is 409 g/mol. The maximum absolute atomic E-state index is 11.5. The summed E-state index contributed by atoms with van der Waals surface area (Å²) in [5.74, 6) is -1.63. The first kappa shape index (κ1) is 20.5. The molecular weight excluding hydrogens is 400 g/mol. The minimum atomic E-state index is -0.815. The van der Waals surface area contributed by atoms with E-state index in [1.165, 1.54) is 0 Å². The Bertz CT molecular complexity index is 635. The van der Waals surface area contributed by atoms with Crippen molar-refractivity contribution in [1.29, 1.82) is 0 Å². The second-order valence-electron chi connectivity index (χ2n) is 4.01. The van der Waals surface area contributed by atoms with Gasteiger partial charge in [-0.25, -0.2) is 9.59 Å². The van der Waals surface area contributed by atoms with Crippen molar-refractivity contribution in [3.05, 3.63) is 61.8 Å². The average molecular weight is 411 g/mol. The maximum atomic E-state index is 11.5. The highest BCUT2D eigenvalue weighted by atomic mass is 35.5. The summed E-state index contributed by atoms with van der Waals surface area (Å²) in [5.41, 5.74) is -0.410. The Morgan fingerprint density at radius 3 is 1.25 bits per heavy atom. The first-order valence-electron chi connectivity index (χ1n) is 6.24. The zero-order chi connectivity index (χ0) is 18.3. The molecule has 128 valence electrons. The number of halogens is 4. The molecule has 0 saturated carbocycles. The van der Waals surface area contributed by atoms with Crippen molar-refractivity contribution in [3.63, 3.8) is 0 Å². The van der Waals surface area contributed by atoms with E-state index in [1.54, 1.807) is 12.4 Å². The SMILES string of the molecule is COC(=O)c1c(Cl)c(Cl)c(C(=O)OC)c(Cl)c1Cl.c1ccncc1. The van der Waals surface area contributed by atoms with Crippen LogP contribution in [0.3, 0.4) is 0 Å². The van der Waals surface area contributed by atoms with E-state index in [9.17, 15) is 9.59 Å². The molecule has 0 N–H and O–H groups in total. The van der Waals surface area contributed by atoms with Crippen LogP contribution >= 0.6 is 46.4 Å². The Morgan fingerprint density at radius 2 is 1.08 bits per heavy atom. The Kier molecular flexibility index (Phi) is 8.28. The van der Waals surface area contributed by atoms with E-state index >= 15 is 0 Å². The highest BCUT2D eigenvalue weighted by Gasteiger charge is 2.28. The van der Waals surface area contributed by atoms with Crippen LogP contribution in [-0.4, -0.2) is 31.1 Å². The molecule has 5 nitrogen and oxygen atoms in total. The Balaban J connectivity index is 0.000000400. The third-order valence-corrected chi connectivity index (χ3v) is 4.31. The Labute approximate surface area is 158 Å². The van der Waals surface area contributed by atoms with Gasteiger partial charge in [-0.05, 0) is 12.1 Å². The van der Waals surface area contributed by atoms with E-state index in [2.05, 4.69) is 14.5 Å². The predicted molar refractivity (Wildman–Crippen MR) is 93.4 cm³/mol. The summed E-state index contributed by atoms with van der Waals surface area (Å²) in [6.07, 6.45) is 3.50. The van der Waals surface area contributed by atoms with Crippen LogP contribution in [0, 0.1) is 0 Å². The van der Waals surface area contributed by atoms with Crippen LogP contribution in [-0.2, 0) is 9.47 Å². The lowest BCUT2D eigenvalue weighted by Crippen LogP contribution is -2.09. The molecule has 9 heteroatoms. The van der Waals surface area contributed by atoms with Crippen molar-refractivity contribution in [1.82, 2.24) is 4.98 Å². The minimum absolute atomic E-state index is 0.205. The molecule has 0 bridgehead atoms. The highest BCUT2D eigenvalue weighted by Crippen LogP contribution is 2.41. The number of methoxy groups -OCH3 is 2. The summed E-state index contributed by atoms with van der Waals surface area (Å²) in [5, 5.41) is -0.895. The number of aromatic nitrogens is 1. The molecule has 0 unspecified atom stereocenters. The van der Waals surface area contributed by atoms with Gasteiger partial charge < -0.3 is 9.47 Å². The third-order valence-electron chi connectivity index (χ3n) is 2.61. The average Bonchev–Trinajstić information content (AvgIpc) is 2.62. The predicted octanol–water partition coefficient (Wildman–Crippen LogP) is 4.96. The molecular formula is C15H11Cl4NO4. The number of pyridine rings is 1. The van der Waals surface area contributed by atoms with Gasteiger partial charge in [0.05, 0.1) is 45.4 Å². The van der Waals surface area contributed by atoms with Crippen molar-refractivity contribution >= 4 is 58.3 Å². The molecule has 0 spiro atoms. The zero-order valence-electron chi connectivity index (χ0n) is 12.5. The van der Waals surface area contributed by atoms with Crippen LogP contribution in [0.1, 0.15) is 20.7 Å². The summed E-state index contributed by atoms with van der Waals surface area (Å²) in [6, 6.07) is 5.72. The molecule has 0 saturated heterocycles. The van der Waals surface area contributed by atoms with Crippen molar-refractivity contribution in [3.8, 4) is 0 Å². The number of benzene rings is 1. The van der Waals surface area contributed by atoms with Gasteiger partial charge in [0.1, 0.15) is 0 Å². The number of ether oxygens (including phenoxy) is 2. The fourth-order valence-electron chi connectivity index (χ4n) is 1.51. The van der Waals surface area contributed by atoms with Crippen molar-refractivity contribution in [2.45, 2.75) is 0 Å². The fraction of sp³-hybridized carbons (Fsp3) is 0.133. The van der Waals surface area contributed by atoms with E-state index in [0.29, 0.717) is 0 Å². The molecule has 0 atom stereocenters. The van der Waals surface area contributed by atoms with Crippen LogP contribution < -0.4 is 0 Å². The van der Waals surface area contributed by atoms with Gasteiger partial charge >= 0.3 is 11.9 Å². The minimum Gasteiger partial charge on any atom is -0.465 e. The maximum Gasteiger partial charge on any atom is 0.341 e. The van der Waals surface area contributed by atoms with Crippen molar-refractivity contribution < 1.29 is 19.1 Å². The molecule has 0 amide bonds.